The number of allylic oxidation sites excluding steroid dienone is 1. The molecule has 0 amide bonds. The molecule has 1 heteroatoms. The van der Waals surface area contributed by atoms with Gasteiger partial charge in [-0.25, -0.2) is 0 Å². The highest BCUT2D eigenvalue weighted by Crippen LogP contribution is 2.14. The van der Waals surface area contributed by atoms with Gasteiger partial charge in [0.1, 0.15) is 0 Å². The highest BCUT2D eigenvalue weighted by atomic mass is 79.9. The number of halogens is 1. The summed E-state index contributed by atoms with van der Waals surface area (Å²) in [5.41, 5.74) is 0. The molecule has 0 radical (unpaired) electrons. The summed E-state index contributed by atoms with van der Waals surface area (Å²) in [4.78, 5) is 0.734. The molecule has 0 nitrogen and oxygen atoms in total. The third kappa shape index (κ3) is 6.34. The minimum absolute atomic E-state index is 0.734. The van der Waals surface area contributed by atoms with Crippen molar-refractivity contribution >= 4 is 15.9 Å². The average Bonchev–Trinajstić information content (AvgIpc) is 1.89. The van der Waals surface area contributed by atoms with E-state index in [4.69, 9.17) is 0 Å². The molecule has 0 aliphatic rings. The van der Waals surface area contributed by atoms with Crippen LogP contribution in [0.5, 0.6) is 0 Å². The number of rotatable bonds is 6. The van der Waals surface area contributed by atoms with Crippen LogP contribution in [0.2, 0.25) is 0 Å². The van der Waals surface area contributed by atoms with Gasteiger partial charge in [0.15, 0.2) is 0 Å². The zero-order valence-electron chi connectivity index (χ0n) is 6.78. The van der Waals surface area contributed by atoms with E-state index in [1.807, 2.05) is 6.08 Å². The summed E-state index contributed by atoms with van der Waals surface area (Å²) in [7, 11) is 0. The van der Waals surface area contributed by atoms with Crippen molar-refractivity contribution in [2.75, 3.05) is 0 Å². The lowest BCUT2D eigenvalue weighted by Gasteiger charge is -2.05. The Balaban J connectivity index is 3.04. The second kappa shape index (κ2) is 7.33. The van der Waals surface area contributed by atoms with Crippen molar-refractivity contribution < 1.29 is 0 Å². The van der Waals surface area contributed by atoms with Gasteiger partial charge in [-0.15, -0.1) is 6.58 Å². The summed E-state index contributed by atoms with van der Waals surface area (Å²) in [5.74, 6) is 0. The standard InChI is InChI=1S/C9H17Br/c1-3-5-6-8-9(10)7-4-2/h3,9H,1,4-8H2,2H3. The molecule has 0 saturated heterocycles. The fourth-order valence-corrected chi connectivity index (χ4v) is 1.72. The van der Waals surface area contributed by atoms with E-state index >= 15 is 0 Å². The van der Waals surface area contributed by atoms with E-state index in [9.17, 15) is 0 Å². The van der Waals surface area contributed by atoms with Crippen molar-refractivity contribution in [2.24, 2.45) is 0 Å². The second-order valence-corrected chi connectivity index (χ2v) is 3.90. The van der Waals surface area contributed by atoms with Gasteiger partial charge in [0.05, 0.1) is 0 Å². The van der Waals surface area contributed by atoms with Gasteiger partial charge in [-0.05, 0) is 25.7 Å². The lowest BCUT2D eigenvalue weighted by molar-refractivity contribution is 0.661. The molecule has 0 aliphatic carbocycles. The van der Waals surface area contributed by atoms with Crippen LogP contribution < -0.4 is 0 Å². The molecule has 0 heterocycles. The zero-order valence-corrected chi connectivity index (χ0v) is 8.36. The van der Waals surface area contributed by atoms with Crippen LogP contribution >= 0.6 is 15.9 Å². The Morgan fingerprint density at radius 1 is 1.50 bits per heavy atom. The first kappa shape index (κ1) is 10.2. The average molecular weight is 205 g/mol. The van der Waals surface area contributed by atoms with Gasteiger partial charge in [-0.3, -0.25) is 0 Å². The van der Waals surface area contributed by atoms with Crippen molar-refractivity contribution in [1.82, 2.24) is 0 Å². The van der Waals surface area contributed by atoms with Gasteiger partial charge in [0.2, 0.25) is 0 Å². The first-order valence-corrected chi connectivity index (χ1v) is 4.97. The highest BCUT2D eigenvalue weighted by Gasteiger charge is 1.99. The maximum absolute atomic E-state index is 3.69. The topological polar surface area (TPSA) is 0 Å². The molecule has 0 aromatic rings. The maximum Gasteiger partial charge on any atom is 0.0145 e. The van der Waals surface area contributed by atoms with Gasteiger partial charge in [0, 0.05) is 4.83 Å². The molecule has 10 heavy (non-hydrogen) atoms. The molecule has 0 rings (SSSR count). The fourth-order valence-electron chi connectivity index (χ4n) is 0.941. The van der Waals surface area contributed by atoms with E-state index in [1.54, 1.807) is 0 Å². The Morgan fingerprint density at radius 2 is 2.20 bits per heavy atom. The summed E-state index contributed by atoms with van der Waals surface area (Å²) in [6.45, 7) is 5.91. The van der Waals surface area contributed by atoms with E-state index < -0.39 is 0 Å². The zero-order chi connectivity index (χ0) is 7.82. The van der Waals surface area contributed by atoms with Crippen LogP contribution in [0, 0.1) is 0 Å². The third-order valence-electron chi connectivity index (χ3n) is 1.53. The molecule has 0 N–H and O–H groups in total. The lowest BCUT2D eigenvalue weighted by Crippen LogP contribution is -1.95. The van der Waals surface area contributed by atoms with Crippen LogP contribution in [-0.2, 0) is 0 Å². The largest absolute Gasteiger partial charge is 0.103 e. The summed E-state index contributed by atoms with van der Waals surface area (Å²) < 4.78 is 0. The lowest BCUT2D eigenvalue weighted by atomic mass is 10.1. The first-order chi connectivity index (χ1) is 4.81. The Morgan fingerprint density at radius 3 is 2.70 bits per heavy atom. The van der Waals surface area contributed by atoms with Crippen LogP contribution in [0.1, 0.15) is 39.0 Å². The molecule has 0 saturated carbocycles. The first-order valence-electron chi connectivity index (χ1n) is 4.06. The summed E-state index contributed by atoms with van der Waals surface area (Å²) in [6.07, 6.45) is 8.30. The molecule has 0 fully saturated rings. The molecule has 60 valence electrons. The third-order valence-corrected chi connectivity index (χ3v) is 2.44. The minimum Gasteiger partial charge on any atom is -0.103 e. The number of hydrogen-bond donors (Lipinski definition) is 0. The van der Waals surface area contributed by atoms with Crippen molar-refractivity contribution in [3.05, 3.63) is 12.7 Å². The van der Waals surface area contributed by atoms with Crippen molar-refractivity contribution in [2.45, 2.75) is 43.9 Å². The van der Waals surface area contributed by atoms with E-state index in [1.165, 1.54) is 25.7 Å². The maximum atomic E-state index is 3.69. The minimum atomic E-state index is 0.734. The predicted octanol–water partition coefficient (Wildman–Crippen LogP) is 3.91. The van der Waals surface area contributed by atoms with Crippen molar-refractivity contribution in [1.29, 1.82) is 0 Å². The van der Waals surface area contributed by atoms with Gasteiger partial charge in [-0.1, -0.05) is 35.4 Å². The summed E-state index contributed by atoms with van der Waals surface area (Å²) >= 11 is 3.63. The van der Waals surface area contributed by atoms with Crippen molar-refractivity contribution in [3.63, 3.8) is 0 Å². The van der Waals surface area contributed by atoms with E-state index in [0.717, 1.165) is 11.2 Å². The highest BCUT2D eigenvalue weighted by molar-refractivity contribution is 9.09. The summed E-state index contributed by atoms with van der Waals surface area (Å²) in [5, 5.41) is 0. The Labute approximate surface area is 72.8 Å². The molecule has 0 bridgehead atoms. The number of hydrogen-bond acceptors (Lipinski definition) is 0. The van der Waals surface area contributed by atoms with Gasteiger partial charge in [-0.2, -0.15) is 0 Å². The fraction of sp³-hybridized carbons (Fsp3) is 0.778. The molecule has 0 aromatic heterocycles. The van der Waals surface area contributed by atoms with Crippen LogP contribution in [0.25, 0.3) is 0 Å². The monoisotopic (exact) mass is 204 g/mol. The number of alkyl halides is 1. The van der Waals surface area contributed by atoms with E-state index in [2.05, 4.69) is 29.4 Å². The second-order valence-electron chi connectivity index (χ2n) is 2.61. The molecular formula is C9H17Br. The van der Waals surface area contributed by atoms with E-state index in [0.29, 0.717) is 0 Å². The SMILES string of the molecule is C=CCCCC(Br)CCC. The smallest absolute Gasteiger partial charge is 0.0145 e. The van der Waals surface area contributed by atoms with Crippen LogP contribution in [0.3, 0.4) is 0 Å². The predicted molar refractivity (Wildman–Crippen MR) is 51.7 cm³/mol. The van der Waals surface area contributed by atoms with Crippen LogP contribution in [0.4, 0.5) is 0 Å². The summed E-state index contributed by atoms with van der Waals surface area (Å²) in [6, 6.07) is 0. The van der Waals surface area contributed by atoms with Gasteiger partial charge < -0.3 is 0 Å². The molecule has 1 atom stereocenters. The van der Waals surface area contributed by atoms with Gasteiger partial charge >= 0.3 is 0 Å². The molecular weight excluding hydrogens is 188 g/mol. The quantitative estimate of drug-likeness (QED) is 0.350. The Kier molecular flexibility index (Phi) is 7.49. The van der Waals surface area contributed by atoms with E-state index in [-0.39, 0.29) is 0 Å². The van der Waals surface area contributed by atoms with Crippen LogP contribution in [-0.4, -0.2) is 4.83 Å². The van der Waals surface area contributed by atoms with Crippen molar-refractivity contribution in [3.8, 4) is 0 Å². The molecule has 0 aromatic carbocycles. The molecule has 0 spiro atoms. The Bertz CT molecular complexity index is 78.8. The van der Waals surface area contributed by atoms with Crippen LogP contribution in [0.15, 0.2) is 12.7 Å². The van der Waals surface area contributed by atoms with Gasteiger partial charge in [0.25, 0.3) is 0 Å². The normalized spacial score (nSPS) is 13.0. The number of unbranched alkanes of at least 4 members (excludes halogenated alkanes) is 1. The molecule has 1 unspecified atom stereocenters. The molecule has 0 aliphatic heterocycles. The Hall–Kier alpha value is 0.220.